The van der Waals surface area contributed by atoms with Gasteiger partial charge in [-0.1, -0.05) is 65.5 Å². The number of aliphatic hydroxyl groups is 1. The van der Waals surface area contributed by atoms with Crippen LogP contribution in [0.2, 0.25) is 0 Å². The summed E-state index contributed by atoms with van der Waals surface area (Å²) in [5, 5.41) is 20.6. The first-order chi connectivity index (χ1) is 14.2. The largest absolute Gasteiger partial charge is 0.393 e. The second-order valence-corrected chi connectivity index (χ2v) is 12.6. The minimum absolute atomic E-state index is 0.0490. The van der Waals surface area contributed by atoms with Gasteiger partial charge >= 0.3 is 0 Å². The summed E-state index contributed by atoms with van der Waals surface area (Å²) in [7, 11) is 0. The molecule has 4 aliphatic rings. The van der Waals surface area contributed by atoms with Crippen molar-refractivity contribution in [3.05, 3.63) is 11.6 Å². The molecule has 3 saturated carbocycles. The van der Waals surface area contributed by atoms with Crippen LogP contribution in [0.25, 0.3) is 0 Å². The lowest BCUT2D eigenvalue weighted by Gasteiger charge is -2.60. The second kappa shape index (κ2) is 7.95. The Morgan fingerprint density at radius 2 is 1.83 bits per heavy atom. The Kier molecular flexibility index (Phi) is 5.93. The first-order valence-corrected chi connectivity index (χ1v) is 13.0. The van der Waals surface area contributed by atoms with E-state index in [4.69, 9.17) is 0 Å². The molecule has 168 valence electrons. The van der Waals surface area contributed by atoms with Crippen molar-refractivity contribution in [1.29, 1.82) is 5.26 Å². The summed E-state index contributed by atoms with van der Waals surface area (Å²) in [6, 6.07) is 2.75. The number of fused-ring (bicyclic) bond motifs is 5. The average molecular weight is 412 g/mol. The Bertz CT molecular complexity index is 719. The van der Waals surface area contributed by atoms with Gasteiger partial charge in [0.1, 0.15) is 0 Å². The third-order valence-corrected chi connectivity index (χ3v) is 10.7. The van der Waals surface area contributed by atoms with E-state index < -0.39 is 0 Å². The van der Waals surface area contributed by atoms with E-state index in [2.05, 4.69) is 46.8 Å². The van der Waals surface area contributed by atoms with Gasteiger partial charge in [0, 0.05) is 0 Å². The molecule has 4 rings (SSSR count). The number of nitriles is 1. The Labute approximate surface area is 185 Å². The highest BCUT2D eigenvalue weighted by molar-refractivity contribution is 5.32. The van der Waals surface area contributed by atoms with Crippen LogP contribution in [0.15, 0.2) is 11.6 Å². The predicted molar refractivity (Wildman–Crippen MR) is 124 cm³/mol. The van der Waals surface area contributed by atoms with E-state index in [0.29, 0.717) is 17.8 Å². The van der Waals surface area contributed by atoms with Gasteiger partial charge in [-0.05, 0) is 91.8 Å². The molecule has 0 saturated heterocycles. The fourth-order valence-corrected chi connectivity index (χ4v) is 8.77. The molecule has 0 spiro atoms. The molecule has 0 aromatic carbocycles. The van der Waals surface area contributed by atoms with Gasteiger partial charge in [-0.15, -0.1) is 0 Å². The van der Waals surface area contributed by atoms with E-state index in [9.17, 15) is 10.4 Å². The SMILES string of the molecule is CC(C)CCC[C@@H](C)[C@H]1CC[C@H]2C3=CC[C@@]4(C#N)C[C@@H](O)CC[C@]4(C)[C@H]3CC[C@]12C. The molecule has 0 unspecified atom stereocenters. The Hall–Kier alpha value is -0.810. The first-order valence-electron chi connectivity index (χ1n) is 13.0. The highest BCUT2D eigenvalue weighted by Crippen LogP contribution is 2.69. The van der Waals surface area contributed by atoms with Crippen LogP contribution in [-0.4, -0.2) is 11.2 Å². The molecule has 2 heteroatoms. The van der Waals surface area contributed by atoms with E-state index in [-0.39, 0.29) is 16.9 Å². The summed E-state index contributed by atoms with van der Waals surface area (Å²) in [5.41, 5.74) is 1.88. The summed E-state index contributed by atoms with van der Waals surface area (Å²) in [5.74, 6) is 3.81. The Morgan fingerprint density at radius 1 is 1.07 bits per heavy atom. The van der Waals surface area contributed by atoms with Crippen molar-refractivity contribution in [2.24, 2.45) is 45.8 Å². The molecule has 0 heterocycles. The predicted octanol–water partition coefficient (Wildman–Crippen LogP) is 7.28. The summed E-state index contributed by atoms with van der Waals surface area (Å²) < 4.78 is 0. The van der Waals surface area contributed by atoms with E-state index in [1.165, 1.54) is 44.9 Å². The second-order valence-electron chi connectivity index (χ2n) is 12.6. The highest BCUT2D eigenvalue weighted by Gasteiger charge is 2.62. The molecule has 0 aromatic heterocycles. The van der Waals surface area contributed by atoms with Crippen LogP contribution in [-0.2, 0) is 0 Å². The molecule has 0 radical (unpaired) electrons. The van der Waals surface area contributed by atoms with Gasteiger partial charge in [-0.2, -0.15) is 5.26 Å². The molecule has 1 N–H and O–H groups in total. The summed E-state index contributed by atoms with van der Waals surface area (Å²) in [6.45, 7) is 12.2. The van der Waals surface area contributed by atoms with Crippen molar-refractivity contribution >= 4 is 0 Å². The van der Waals surface area contributed by atoms with Crippen LogP contribution in [0, 0.1) is 57.2 Å². The number of rotatable bonds is 5. The number of aliphatic hydroxyl groups excluding tert-OH is 1. The molecule has 0 amide bonds. The molecule has 0 aliphatic heterocycles. The number of nitrogens with zero attached hydrogens (tertiary/aromatic N) is 1. The summed E-state index contributed by atoms with van der Waals surface area (Å²) >= 11 is 0. The normalized spacial score (nSPS) is 46.4. The highest BCUT2D eigenvalue weighted by atomic mass is 16.3. The quantitative estimate of drug-likeness (QED) is 0.483. The van der Waals surface area contributed by atoms with Gasteiger partial charge in [0.05, 0.1) is 17.6 Å². The zero-order valence-electron chi connectivity index (χ0n) is 20.2. The molecule has 4 aliphatic carbocycles. The molecule has 0 bridgehead atoms. The van der Waals surface area contributed by atoms with Gasteiger partial charge in [-0.25, -0.2) is 0 Å². The van der Waals surface area contributed by atoms with Crippen LogP contribution in [0.1, 0.15) is 105 Å². The monoisotopic (exact) mass is 411 g/mol. The van der Waals surface area contributed by atoms with Crippen molar-refractivity contribution in [3.63, 3.8) is 0 Å². The minimum Gasteiger partial charge on any atom is -0.393 e. The van der Waals surface area contributed by atoms with E-state index in [0.717, 1.165) is 42.9 Å². The Morgan fingerprint density at radius 3 is 2.53 bits per heavy atom. The molecule has 3 fully saturated rings. The van der Waals surface area contributed by atoms with Gasteiger partial charge in [-0.3, -0.25) is 0 Å². The fraction of sp³-hybridized carbons (Fsp3) is 0.893. The fourth-order valence-electron chi connectivity index (χ4n) is 8.77. The molecule has 30 heavy (non-hydrogen) atoms. The minimum atomic E-state index is -0.352. The molecule has 2 nitrogen and oxygen atoms in total. The van der Waals surface area contributed by atoms with Crippen LogP contribution in [0.5, 0.6) is 0 Å². The van der Waals surface area contributed by atoms with Crippen molar-refractivity contribution in [2.45, 2.75) is 111 Å². The molecular weight excluding hydrogens is 366 g/mol. The smallest absolute Gasteiger partial charge is 0.0700 e. The lowest BCUT2D eigenvalue weighted by molar-refractivity contribution is -0.0775. The van der Waals surface area contributed by atoms with E-state index in [1.54, 1.807) is 5.57 Å². The number of hydrogen-bond donors (Lipinski definition) is 1. The van der Waals surface area contributed by atoms with Gasteiger partial charge in [0.15, 0.2) is 0 Å². The van der Waals surface area contributed by atoms with Crippen LogP contribution in [0.3, 0.4) is 0 Å². The summed E-state index contributed by atoms with van der Waals surface area (Å²) in [4.78, 5) is 0. The lowest BCUT2D eigenvalue weighted by Crippen LogP contribution is -2.55. The van der Waals surface area contributed by atoms with Crippen LogP contribution in [0.4, 0.5) is 0 Å². The third kappa shape index (κ3) is 3.30. The maximum atomic E-state index is 10.4. The standard InChI is InChI=1S/C28H45NO/c1-19(2)7-6-8-20(3)23-9-10-24-22-12-16-28(18-29)17-21(30)11-15-27(28,5)25(22)13-14-26(23,24)4/h12,19-21,23-25,30H,6-11,13-17H2,1-5H3/t20-,21+,23-,24+,25+,26-,27-,28+/m1/s1. The van der Waals surface area contributed by atoms with Crippen molar-refractivity contribution in [2.75, 3.05) is 0 Å². The van der Waals surface area contributed by atoms with Crippen molar-refractivity contribution in [1.82, 2.24) is 0 Å². The maximum absolute atomic E-state index is 10.4. The van der Waals surface area contributed by atoms with Gasteiger partial charge in [0.2, 0.25) is 0 Å². The lowest BCUT2D eigenvalue weighted by atomic mass is 9.43. The first kappa shape index (κ1) is 22.4. The van der Waals surface area contributed by atoms with Gasteiger partial charge in [0.25, 0.3) is 0 Å². The zero-order valence-corrected chi connectivity index (χ0v) is 20.2. The average Bonchev–Trinajstić information content (AvgIpc) is 3.05. The zero-order chi connectivity index (χ0) is 21.7. The third-order valence-electron chi connectivity index (χ3n) is 10.7. The van der Waals surface area contributed by atoms with Gasteiger partial charge < -0.3 is 5.11 Å². The molecular formula is C28H45NO. The van der Waals surface area contributed by atoms with E-state index >= 15 is 0 Å². The molecule has 8 atom stereocenters. The maximum Gasteiger partial charge on any atom is 0.0700 e. The number of hydrogen-bond acceptors (Lipinski definition) is 2. The van der Waals surface area contributed by atoms with Crippen molar-refractivity contribution in [3.8, 4) is 6.07 Å². The summed E-state index contributed by atoms with van der Waals surface area (Å²) in [6.07, 6.45) is 15.1. The molecule has 0 aromatic rings. The van der Waals surface area contributed by atoms with E-state index in [1.807, 2.05) is 0 Å². The van der Waals surface area contributed by atoms with Crippen molar-refractivity contribution < 1.29 is 5.11 Å². The Balaban J connectivity index is 1.56. The number of allylic oxidation sites excluding steroid dienone is 2. The topological polar surface area (TPSA) is 44.0 Å². The van der Waals surface area contributed by atoms with Crippen LogP contribution < -0.4 is 0 Å². The van der Waals surface area contributed by atoms with Crippen LogP contribution >= 0.6 is 0 Å².